The van der Waals surface area contributed by atoms with E-state index in [-0.39, 0.29) is 0 Å². The Balaban J connectivity index is 1.56. The highest BCUT2D eigenvalue weighted by atomic mass is 16.8. The molecule has 0 aromatic rings. The molecule has 280 valence electrons. The number of hydrogen-bond donors (Lipinski definition) is 14. The molecule has 0 aliphatic carbocycles. The number of carbonyl (C=O) groups is 1. The molecule has 1 amide bonds. The molecule has 0 radical (unpaired) electrons. The summed E-state index contributed by atoms with van der Waals surface area (Å²) in [4.78, 5) is 12.2. The van der Waals surface area contributed by atoms with Crippen molar-refractivity contribution in [2.75, 3.05) is 26.4 Å². The molecular formula is C26H45NO21. The lowest BCUT2D eigenvalue weighted by atomic mass is 9.94. The van der Waals surface area contributed by atoms with Crippen molar-refractivity contribution >= 4 is 5.91 Å². The second-order valence-electron chi connectivity index (χ2n) is 11.9. The summed E-state index contributed by atoms with van der Waals surface area (Å²) in [7, 11) is 0. The van der Waals surface area contributed by atoms with Gasteiger partial charge >= 0.3 is 0 Å². The van der Waals surface area contributed by atoms with Crippen molar-refractivity contribution in [2.24, 2.45) is 0 Å². The largest absolute Gasteiger partial charge is 0.394 e. The summed E-state index contributed by atoms with van der Waals surface area (Å²) in [5, 5.41) is 136. The lowest BCUT2D eigenvalue weighted by molar-refractivity contribution is -0.380. The van der Waals surface area contributed by atoms with Crippen molar-refractivity contribution in [3.05, 3.63) is 0 Å². The van der Waals surface area contributed by atoms with Gasteiger partial charge in [0.05, 0.1) is 26.4 Å². The topological polar surface area (TPSA) is 357 Å². The minimum absolute atomic E-state index is 0.755. The molecule has 22 nitrogen and oxygen atoms in total. The molecule has 4 heterocycles. The second-order valence-corrected chi connectivity index (χ2v) is 11.9. The average molecular weight is 708 g/mol. The van der Waals surface area contributed by atoms with Crippen molar-refractivity contribution < 1.29 is 104 Å². The molecular weight excluding hydrogens is 662 g/mol. The molecule has 20 atom stereocenters. The summed E-state index contributed by atoms with van der Waals surface area (Å²) in [5.41, 5.74) is 0. The van der Waals surface area contributed by atoms with Gasteiger partial charge in [0.15, 0.2) is 25.2 Å². The molecule has 4 saturated heterocycles. The van der Waals surface area contributed by atoms with E-state index in [0.717, 1.165) is 6.92 Å². The Bertz CT molecular complexity index is 1030. The summed E-state index contributed by atoms with van der Waals surface area (Å²) >= 11 is 0. The van der Waals surface area contributed by atoms with Crippen molar-refractivity contribution in [3.8, 4) is 0 Å². The van der Waals surface area contributed by atoms with Crippen LogP contribution in [0.15, 0.2) is 0 Å². The Hall–Kier alpha value is -1.33. The van der Waals surface area contributed by atoms with Gasteiger partial charge in [-0.25, -0.2) is 0 Å². The maximum Gasteiger partial charge on any atom is 0.217 e. The second kappa shape index (κ2) is 16.8. The van der Waals surface area contributed by atoms with E-state index in [4.69, 9.17) is 33.2 Å². The molecule has 22 heteroatoms. The molecule has 14 N–H and O–H groups in total. The van der Waals surface area contributed by atoms with Crippen LogP contribution in [-0.4, -0.2) is 221 Å². The fourth-order valence-electron chi connectivity index (χ4n) is 5.95. The van der Waals surface area contributed by atoms with E-state index < -0.39 is 155 Å². The Kier molecular flexibility index (Phi) is 13.8. The summed E-state index contributed by atoms with van der Waals surface area (Å²) in [6.45, 7) is -2.37. The van der Waals surface area contributed by atoms with Gasteiger partial charge in [0.2, 0.25) is 5.91 Å². The number of hydrogen-bond acceptors (Lipinski definition) is 21. The molecule has 0 saturated carbocycles. The van der Waals surface area contributed by atoms with Gasteiger partial charge in [-0.2, -0.15) is 0 Å². The fraction of sp³-hybridized carbons (Fsp3) is 0.962. The van der Waals surface area contributed by atoms with Crippen LogP contribution in [-0.2, 0) is 38.0 Å². The summed E-state index contributed by atoms with van der Waals surface area (Å²) in [6.07, 6.45) is -33.5. The molecule has 13 unspecified atom stereocenters. The zero-order chi connectivity index (χ0) is 35.6. The third-order valence-electron chi connectivity index (χ3n) is 8.61. The molecule has 0 spiro atoms. The minimum Gasteiger partial charge on any atom is -0.394 e. The third-order valence-corrected chi connectivity index (χ3v) is 8.61. The Morgan fingerprint density at radius 2 is 0.958 bits per heavy atom. The van der Waals surface area contributed by atoms with E-state index in [1.165, 1.54) is 0 Å². The van der Waals surface area contributed by atoms with E-state index in [1.807, 2.05) is 0 Å². The molecule has 4 rings (SSSR count). The third kappa shape index (κ3) is 8.08. The SMILES string of the molecule is CC(=O)NC1C(O)[C@H](O[C@@H]2OC(CO)[C@H](O)C(O)C2O)C(CO)O[C@H]1OC1C(O)[C@H](O[C@@H]2C(CO)OC(O)C(O)C2O)OC(CO)[C@@H]1O. The predicted molar refractivity (Wildman–Crippen MR) is 145 cm³/mol. The number of amides is 1. The van der Waals surface area contributed by atoms with Crippen LogP contribution < -0.4 is 5.32 Å². The number of ether oxygens (including phenoxy) is 7. The lowest BCUT2D eigenvalue weighted by Gasteiger charge is -2.49. The van der Waals surface area contributed by atoms with Gasteiger partial charge < -0.3 is 105 Å². The number of aliphatic hydroxyl groups excluding tert-OH is 13. The van der Waals surface area contributed by atoms with Crippen LogP contribution in [0.1, 0.15) is 6.92 Å². The van der Waals surface area contributed by atoms with E-state index in [2.05, 4.69) is 5.32 Å². The highest BCUT2D eigenvalue weighted by molar-refractivity contribution is 5.73. The van der Waals surface area contributed by atoms with Crippen molar-refractivity contribution in [3.63, 3.8) is 0 Å². The van der Waals surface area contributed by atoms with Gasteiger partial charge in [-0.1, -0.05) is 0 Å². The smallest absolute Gasteiger partial charge is 0.217 e. The van der Waals surface area contributed by atoms with E-state index >= 15 is 0 Å². The minimum atomic E-state index is -2.02. The summed E-state index contributed by atoms with van der Waals surface area (Å²) < 4.78 is 38.5. The number of nitrogens with one attached hydrogen (secondary N) is 1. The van der Waals surface area contributed by atoms with Crippen LogP contribution in [0, 0.1) is 0 Å². The maximum absolute atomic E-state index is 12.2. The van der Waals surface area contributed by atoms with Crippen LogP contribution in [0.3, 0.4) is 0 Å². The lowest BCUT2D eigenvalue weighted by Crippen LogP contribution is -2.69. The number of rotatable bonds is 11. The van der Waals surface area contributed by atoms with Crippen molar-refractivity contribution in [1.29, 1.82) is 0 Å². The van der Waals surface area contributed by atoms with Gasteiger partial charge in [-0.3, -0.25) is 4.79 Å². The number of aliphatic hydroxyl groups is 13. The predicted octanol–water partition coefficient (Wildman–Crippen LogP) is -9.61. The first-order valence-electron chi connectivity index (χ1n) is 15.1. The highest BCUT2D eigenvalue weighted by Gasteiger charge is 2.55. The summed E-state index contributed by atoms with van der Waals surface area (Å²) in [5.74, 6) is -0.755. The molecule has 4 fully saturated rings. The molecule has 0 aromatic heterocycles. The normalized spacial score (nSPS) is 50.2. The van der Waals surface area contributed by atoms with E-state index in [0.29, 0.717) is 0 Å². The quantitative estimate of drug-likeness (QED) is 0.0947. The molecule has 4 aliphatic rings. The Morgan fingerprint density at radius 3 is 1.50 bits per heavy atom. The standard InChI is InChI=1S/C26H45NO21/c1-6(32)27-11-14(35)20(46-25-18(39)15(36)12(33)7(2-28)43-25)10(5-31)45-24(11)48-22-13(34)8(3-29)44-26(19(22)40)47-21-9(4-30)42-23(41)17(38)16(21)37/h7-26,28-31,33-41H,2-5H2,1H3,(H,27,32)/t7?,8?,9?,10?,11?,12-,13-,14?,15?,16?,17?,18?,19?,20+,21+,22?,23?,24-,25-,26-/m0/s1. The maximum atomic E-state index is 12.2. The molecule has 0 aromatic carbocycles. The van der Waals surface area contributed by atoms with Crippen LogP contribution in [0.25, 0.3) is 0 Å². The van der Waals surface area contributed by atoms with Gasteiger partial charge in [0.1, 0.15) is 97.6 Å². The van der Waals surface area contributed by atoms with Crippen molar-refractivity contribution in [2.45, 2.75) is 130 Å². The average Bonchev–Trinajstić information content (AvgIpc) is 3.06. The Labute approximate surface area is 272 Å². The fourth-order valence-corrected chi connectivity index (χ4v) is 5.95. The highest BCUT2D eigenvalue weighted by Crippen LogP contribution is 2.34. The first-order valence-corrected chi connectivity index (χ1v) is 15.1. The van der Waals surface area contributed by atoms with Gasteiger partial charge in [-0.05, 0) is 0 Å². The van der Waals surface area contributed by atoms with Crippen LogP contribution >= 0.6 is 0 Å². The monoisotopic (exact) mass is 707 g/mol. The van der Waals surface area contributed by atoms with Gasteiger partial charge in [0.25, 0.3) is 0 Å². The molecule has 48 heavy (non-hydrogen) atoms. The van der Waals surface area contributed by atoms with Crippen molar-refractivity contribution in [1.82, 2.24) is 5.32 Å². The van der Waals surface area contributed by atoms with Crippen LogP contribution in [0.5, 0.6) is 0 Å². The van der Waals surface area contributed by atoms with E-state index in [9.17, 15) is 71.2 Å². The van der Waals surface area contributed by atoms with Crippen LogP contribution in [0.4, 0.5) is 0 Å². The zero-order valence-corrected chi connectivity index (χ0v) is 25.5. The van der Waals surface area contributed by atoms with Gasteiger partial charge in [0, 0.05) is 6.92 Å². The molecule has 0 bridgehead atoms. The van der Waals surface area contributed by atoms with Crippen LogP contribution in [0.2, 0.25) is 0 Å². The first-order chi connectivity index (χ1) is 22.7. The van der Waals surface area contributed by atoms with Gasteiger partial charge in [-0.15, -0.1) is 0 Å². The summed E-state index contributed by atoms with van der Waals surface area (Å²) in [6, 6.07) is -1.61. The first kappa shape index (κ1) is 39.5. The Morgan fingerprint density at radius 1 is 0.500 bits per heavy atom. The molecule has 4 aliphatic heterocycles. The number of carbonyl (C=O) groups excluding carboxylic acids is 1. The van der Waals surface area contributed by atoms with E-state index in [1.54, 1.807) is 0 Å². The zero-order valence-electron chi connectivity index (χ0n) is 25.5.